The maximum Gasteiger partial charge on any atom is 0.223 e. The number of benzene rings is 1. The highest BCUT2D eigenvalue weighted by Crippen LogP contribution is 2.28. The molecule has 0 aliphatic carbocycles. The van der Waals surface area contributed by atoms with Crippen molar-refractivity contribution in [3.05, 3.63) is 29.3 Å². The second-order valence-electron chi connectivity index (χ2n) is 4.92. The number of carbonyl (C=O) groups is 1. The number of fused-ring (bicyclic) bond motifs is 1. The molecule has 2 rings (SSSR count). The second kappa shape index (κ2) is 5.40. The maximum atomic E-state index is 11.6. The van der Waals surface area contributed by atoms with Crippen LogP contribution in [-0.4, -0.2) is 31.5 Å². The smallest absolute Gasteiger partial charge is 0.223 e. The average molecular weight is 248 g/mol. The van der Waals surface area contributed by atoms with Gasteiger partial charge in [-0.1, -0.05) is 12.1 Å². The molecule has 0 radical (unpaired) electrons. The maximum absolute atomic E-state index is 11.6. The zero-order valence-electron chi connectivity index (χ0n) is 11.0. The van der Waals surface area contributed by atoms with Gasteiger partial charge in [-0.15, -0.1) is 0 Å². The fraction of sp³-hybridized carbons (Fsp3) is 0.500. The molecule has 0 bridgehead atoms. The minimum Gasteiger partial charge on any atom is -0.493 e. The Morgan fingerprint density at radius 2 is 2.28 bits per heavy atom. The van der Waals surface area contributed by atoms with Crippen LogP contribution in [0.15, 0.2) is 18.2 Å². The van der Waals surface area contributed by atoms with Gasteiger partial charge in [-0.05, 0) is 30.0 Å². The normalized spacial score (nSPS) is 15.5. The van der Waals surface area contributed by atoms with Gasteiger partial charge < -0.3 is 15.4 Å². The molecule has 1 heterocycles. The number of hydrogen-bond donors (Lipinski definition) is 1. The van der Waals surface area contributed by atoms with E-state index in [1.54, 1.807) is 19.0 Å². The van der Waals surface area contributed by atoms with Crippen molar-refractivity contribution >= 4 is 5.91 Å². The van der Waals surface area contributed by atoms with E-state index in [1.807, 2.05) is 12.1 Å². The molecule has 1 unspecified atom stereocenters. The van der Waals surface area contributed by atoms with Crippen LogP contribution < -0.4 is 10.5 Å². The van der Waals surface area contributed by atoms with E-state index in [4.69, 9.17) is 10.5 Å². The van der Waals surface area contributed by atoms with Gasteiger partial charge in [0, 0.05) is 26.6 Å². The van der Waals surface area contributed by atoms with E-state index in [2.05, 4.69) is 6.07 Å². The fourth-order valence-electron chi connectivity index (χ4n) is 2.10. The van der Waals surface area contributed by atoms with Gasteiger partial charge in [-0.25, -0.2) is 0 Å². The van der Waals surface area contributed by atoms with Crippen molar-refractivity contribution in [1.29, 1.82) is 0 Å². The number of amides is 1. The van der Waals surface area contributed by atoms with Gasteiger partial charge in [0.2, 0.25) is 5.91 Å². The Morgan fingerprint density at radius 1 is 1.50 bits per heavy atom. The van der Waals surface area contributed by atoms with Gasteiger partial charge in [-0.2, -0.15) is 0 Å². The van der Waals surface area contributed by atoms with Crippen molar-refractivity contribution in [1.82, 2.24) is 4.90 Å². The standard InChI is InChI=1S/C14H20N2O2/c1-16(2)14(17)9-12(15)10-5-6-13-11(8-10)4-3-7-18-13/h5-6,8,12H,3-4,7,9,15H2,1-2H3. The summed E-state index contributed by atoms with van der Waals surface area (Å²) in [4.78, 5) is 13.2. The zero-order chi connectivity index (χ0) is 13.1. The monoisotopic (exact) mass is 248 g/mol. The highest BCUT2D eigenvalue weighted by molar-refractivity contribution is 5.76. The molecule has 4 nitrogen and oxygen atoms in total. The highest BCUT2D eigenvalue weighted by atomic mass is 16.5. The summed E-state index contributed by atoms with van der Waals surface area (Å²) in [5.41, 5.74) is 8.29. The molecule has 2 N–H and O–H groups in total. The molecule has 0 saturated carbocycles. The number of hydrogen-bond acceptors (Lipinski definition) is 3. The Labute approximate surface area is 108 Å². The molecule has 4 heteroatoms. The van der Waals surface area contributed by atoms with Crippen LogP contribution in [0.4, 0.5) is 0 Å². The van der Waals surface area contributed by atoms with Crippen molar-refractivity contribution < 1.29 is 9.53 Å². The van der Waals surface area contributed by atoms with Crippen LogP contribution in [-0.2, 0) is 11.2 Å². The molecule has 1 aliphatic rings. The molecule has 98 valence electrons. The number of nitrogens with zero attached hydrogens (tertiary/aromatic N) is 1. The van der Waals surface area contributed by atoms with Gasteiger partial charge in [0.15, 0.2) is 0 Å². The predicted octanol–water partition coefficient (Wildman–Crippen LogP) is 1.49. The minimum atomic E-state index is -0.243. The first-order chi connectivity index (χ1) is 8.58. The van der Waals surface area contributed by atoms with E-state index in [0.717, 1.165) is 30.8 Å². The highest BCUT2D eigenvalue weighted by Gasteiger charge is 2.16. The first-order valence-electron chi connectivity index (χ1n) is 6.29. The Kier molecular flexibility index (Phi) is 3.87. The summed E-state index contributed by atoms with van der Waals surface area (Å²) in [6.07, 6.45) is 2.41. The lowest BCUT2D eigenvalue weighted by Crippen LogP contribution is -2.26. The van der Waals surface area contributed by atoms with Gasteiger partial charge in [0.25, 0.3) is 0 Å². The summed E-state index contributed by atoms with van der Waals surface area (Å²) < 4.78 is 5.56. The van der Waals surface area contributed by atoms with E-state index in [9.17, 15) is 4.79 Å². The fourth-order valence-corrected chi connectivity index (χ4v) is 2.10. The molecule has 0 saturated heterocycles. The van der Waals surface area contributed by atoms with Crippen molar-refractivity contribution in [2.75, 3.05) is 20.7 Å². The lowest BCUT2D eigenvalue weighted by atomic mass is 9.98. The van der Waals surface area contributed by atoms with Gasteiger partial charge in [-0.3, -0.25) is 4.79 Å². The quantitative estimate of drug-likeness (QED) is 0.881. The van der Waals surface area contributed by atoms with Crippen LogP contribution in [0.25, 0.3) is 0 Å². The largest absolute Gasteiger partial charge is 0.493 e. The van der Waals surface area contributed by atoms with Gasteiger partial charge in [0.1, 0.15) is 5.75 Å². The summed E-state index contributed by atoms with van der Waals surface area (Å²) in [7, 11) is 3.49. The first kappa shape index (κ1) is 12.9. The first-order valence-corrected chi connectivity index (χ1v) is 6.29. The molecule has 0 fully saturated rings. The summed E-state index contributed by atoms with van der Waals surface area (Å²) in [5.74, 6) is 1.01. The molecular formula is C14H20N2O2. The molecule has 1 amide bonds. The Bertz CT molecular complexity index is 443. The van der Waals surface area contributed by atoms with Crippen LogP contribution >= 0.6 is 0 Å². The number of rotatable bonds is 3. The Morgan fingerprint density at radius 3 is 3.00 bits per heavy atom. The molecule has 0 spiro atoms. The van der Waals surface area contributed by atoms with E-state index in [0.29, 0.717) is 6.42 Å². The van der Waals surface area contributed by atoms with E-state index in [-0.39, 0.29) is 11.9 Å². The number of ether oxygens (including phenoxy) is 1. The number of carbonyl (C=O) groups excluding carboxylic acids is 1. The van der Waals surface area contributed by atoms with Crippen molar-refractivity contribution in [3.8, 4) is 5.75 Å². The van der Waals surface area contributed by atoms with E-state index >= 15 is 0 Å². The van der Waals surface area contributed by atoms with Crippen LogP contribution in [0.1, 0.15) is 30.0 Å². The van der Waals surface area contributed by atoms with E-state index in [1.165, 1.54) is 5.56 Å². The van der Waals surface area contributed by atoms with Crippen molar-refractivity contribution in [2.45, 2.75) is 25.3 Å². The van der Waals surface area contributed by atoms with Crippen molar-refractivity contribution in [3.63, 3.8) is 0 Å². The molecule has 18 heavy (non-hydrogen) atoms. The summed E-state index contributed by atoms with van der Waals surface area (Å²) >= 11 is 0. The van der Waals surface area contributed by atoms with Crippen LogP contribution in [0.5, 0.6) is 5.75 Å². The summed E-state index contributed by atoms with van der Waals surface area (Å²) in [6.45, 7) is 0.789. The van der Waals surface area contributed by atoms with Crippen LogP contribution in [0.3, 0.4) is 0 Å². The third-order valence-corrected chi connectivity index (χ3v) is 3.25. The molecule has 1 atom stereocenters. The third kappa shape index (κ3) is 2.82. The summed E-state index contributed by atoms with van der Waals surface area (Å²) in [6, 6.07) is 5.75. The minimum absolute atomic E-state index is 0.0523. The molecule has 0 aromatic heterocycles. The van der Waals surface area contributed by atoms with Gasteiger partial charge >= 0.3 is 0 Å². The lowest BCUT2D eigenvalue weighted by Gasteiger charge is -2.20. The van der Waals surface area contributed by atoms with Gasteiger partial charge in [0.05, 0.1) is 6.61 Å². The Hall–Kier alpha value is -1.55. The molecule has 1 aromatic rings. The van der Waals surface area contributed by atoms with Crippen LogP contribution in [0, 0.1) is 0 Å². The predicted molar refractivity (Wildman–Crippen MR) is 70.5 cm³/mol. The molecular weight excluding hydrogens is 228 g/mol. The van der Waals surface area contributed by atoms with E-state index < -0.39 is 0 Å². The Balaban J connectivity index is 2.11. The second-order valence-corrected chi connectivity index (χ2v) is 4.92. The summed E-state index contributed by atoms with van der Waals surface area (Å²) in [5, 5.41) is 0. The third-order valence-electron chi connectivity index (χ3n) is 3.25. The number of nitrogens with two attached hydrogens (primary N) is 1. The topological polar surface area (TPSA) is 55.6 Å². The zero-order valence-corrected chi connectivity index (χ0v) is 11.0. The SMILES string of the molecule is CN(C)C(=O)CC(N)c1ccc2c(c1)CCCO2. The number of aryl methyl sites for hydroxylation is 1. The molecule has 1 aliphatic heterocycles. The molecule has 1 aromatic carbocycles. The van der Waals surface area contributed by atoms with Crippen LogP contribution in [0.2, 0.25) is 0 Å². The lowest BCUT2D eigenvalue weighted by molar-refractivity contribution is -0.129. The average Bonchev–Trinajstić information content (AvgIpc) is 2.37. The van der Waals surface area contributed by atoms with Crippen molar-refractivity contribution in [2.24, 2.45) is 5.73 Å².